The average molecular weight is 446 g/mol. The van der Waals surface area contributed by atoms with Crippen LogP contribution in [0, 0.1) is 0 Å². The van der Waals surface area contributed by atoms with E-state index in [-0.39, 0.29) is 23.8 Å². The molecule has 0 fully saturated rings. The van der Waals surface area contributed by atoms with Crippen molar-refractivity contribution in [2.24, 2.45) is 0 Å². The minimum absolute atomic E-state index is 0.0538. The number of para-hydroxylation sites is 1. The van der Waals surface area contributed by atoms with Gasteiger partial charge in [0.05, 0.1) is 12.0 Å². The standard InChI is InChI=1S/C24H18N2O5S/c27-16-5-7-18(21(28)10-16)14-9-15(13-25-12-14)24(31)26-20-4-2-1-3-19(20)22-8-6-17(32-22)11-23(29)30/h1-10,12-13,27-28H,11H2,(H,26,31)(H,29,30). The Morgan fingerprint density at radius 2 is 1.75 bits per heavy atom. The van der Waals surface area contributed by atoms with Gasteiger partial charge in [0.25, 0.3) is 5.91 Å². The fourth-order valence-electron chi connectivity index (χ4n) is 3.24. The summed E-state index contributed by atoms with van der Waals surface area (Å²) in [5.74, 6) is -1.46. The first-order chi connectivity index (χ1) is 15.4. The van der Waals surface area contributed by atoms with Crippen LogP contribution in [0.4, 0.5) is 5.69 Å². The van der Waals surface area contributed by atoms with Gasteiger partial charge in [-0.3, -0.25) is 14.6 Å². The Hall–Kier alpha value is -4.17. The van der Waals surface area contributed by atoms with Crippen LogP contribution in [0.5, 0.6) is 11.5 Å². The van der Waals surface area contributed by atoms with Gasteiger partial charge in [-0.2, -0.15) is 0 Å². The molecule has 7 nitrogen and oxygen atoms in total. The van der Waals surface area contributed by atoms with Crippen LogP contribution in [0.2, 0.25) is 0 Å². The molecule has 0 radical (unpaired) electrons. The van der Waals surface area contributed by atoms with E-state index in [4.69, 9.17) is 5.11 Å². The Balaban J connectivity index is 1.60. The fraction of sp³-hybridized carbons (Fsp3) is 0.0417. The molecule has 4 rings (SSSR count). The molecule has 0 bridgehead atoms. The third kappa shape index (κ3) is 4.60. The number of rotatable bonds is 6. The van der Waals surface area contributed by atoms with E-state index in [9.17, 15) is 19.8 Å². The number of phenolic OH excluding ortho intramolecular Hbond substituents is 2. The predicted octanol–water partition coefficient (Wildman–Crippen LogP) is 4.77. The van der Waals surface area contributed by atoms with Gasteiger partial charge in [0.15, 0.2) is 0 Å². The van der Waals surface area contributed by atoms with E-state index in [1.54, 1.807) is 30.3 Å². The number of aliphatic carboxylic acids is 1. The van der Waals surface area contributed by atoms with Gasteiger partial charge in [0, 0.05) is 50.6 Å². The summed E-state index contributed by atoms with van der Waals surface area (Å²) < 4.78 is 0. The molecule has 0 spiro atoms. The summed E-state index contributed by atoms with van der Waals surface area (Å²) in [6.45, 7) is 0. The van der Waals surface area contributed by atoms with E-state index in [1.165, 1.54) is 35.9 Å². The molecule has 0 saturated carbocycles. The average Bonchev–Trinajstić information content (AvgIpc) is 3.21. The van der Waals surface area contributed by atoms with Crippen LogP contribution in [0.15, 0.2) is 73.1 Å². The molecule has 1 amide bonds. The molecule has 0 saturated heterocycles. The maximum Gasteiger partial charge on any atom is 0.308 e. The number of aromatic hydroxyl groups is 2. The molecule has 2 heterocycles. The summed E-state index contributed by atoms with van der Waals surface area (Å²) in [7, 11) is 0. The van der Waals surface area contributed by atoms with E-state index in [0.717, 1.165) is 15.3 Å². The van der Waals surface area contributed by atoms with Gasteiger partial charge < -0.3 is 20.6 Å². The maximum atomic E-state index is 12.9. The lowest BCUT2D eigenvalue weighted by atomic mass is 10.0. The second-order valence-corrected chi connectivity index (χ2v) is 8.17. The van der Waals surface area contributed by atoms with Crippen LogP contribution >= 0.6 is 11.3 Å². The highest BCUT2D eigenvalue weighted by Crippen LogP contribution is 2.35. The highest BCUT2D eigenvalue weighted by atomic mass is 32.1. The number of aromatic nitrogens is 1. The minimum atomic E-state index is -0.896. The monoisotopic (exact) mass is 446 g/mol. The van der Waals surface area contributed by atoms with Crippen LogP contribution in [0.3, 0.4) is 0 Å². The molecule has 4 aromatic rings. The van der Waals surface area contributed by atoms with Gasteiger partial charge in [-0.25, -0.2) is 0 Å². The fourth-order valence-corrected chi connectivity index (χ4v) is 4.28. The molecular formula is C24H18N2O5S. The quantitative estimate of drug-likeness (QED) is 0.339. The lowest BCUT2D eigenvalue weighted by Crippen LogP contribution is -2.13. The number of carboxylic acids is 1. The molecule has 160 valence electrons. The molecule has 2 aromatic carbocycles. The van der Waals surface area contributed by atoms with E-state index in [1.807, 2.05) is 18.2 Å². The number of anilines is 1. The van der Waals surface area contributed by atoms with Crippen molar-refractivity contribution in [2.75, 3.05) is 5.32 Å². The number of amides is 1. The van der Waals surface area contributed by atoms with Gasteiger partial charge in [0.2, 0.25) is 0 Å². The number of carbonyl (C=O) groups is 2. The summed E-state index contributed by atoms with van der Waals surface area (Å²) in [5.41, 5.74) is 2.62. The number of nitrogens with one attached hydrogen (secondary N) is 1. The van der Waals surface area contributed by atoms with Gasteiger partial charge in [-0.05, 0) is 36.4 Å². The predicted molar refractivity (Wildman–Crippen MR) is 122 cm³/mol. The van der Waals surface area contributed by atoms with Crippen LogP contribution in [0.1, 0.15) is 15.2 Å². The highest BCUT2D eigenvalue weighted by Gasteiger charge is 2.14. The van der Waals surface area contributed by atoms with E-state index < -0.39 is 5.97 Å². The molecule has 8 heteroatoms. The number of hydrogen-bond acceptors (Lipinski definition) is 6. The summed E-state index contributed by atoms with van der Waals surface area (Å²) in [5, 5.41) is 31.5. The zero-order valence-corrected chi connectivity index (χ0v) is 17.5. The number of hydrogen-bond donors (Lipinski definition) is 4. The minimum Gasteiger partial charge on any atom is -0.508 e. The van der Waals surface area contributed by atoms with Crippen molar-refractivity contribution in [3.8, 4) is 33.1 Å². The number of thiophene rings is 1. The molecule has 0 atom stereocenters. The van der Waals surface area contributed by atoms with Crippen molar-refractivity contribution in [3.63, 3.8) is 0 Å². The number of carbonyl (C=O) groups excluding carboxylic acids is 1. The van der Waals surface area contributed by atoms with Gasteiger partial charge >= 0.3 is 5.97 Å². The van der Waals surface area contributed by atoms with Crippen LogP contribution in [-0.2, 0) is 11.2 Å². The topological polar surface area (TPSA) is 120 Å². The Labute approximate surface area is 187 Å². The van der Waals surface area contributed by atoms with Crippen molar-refractivity contribution in [1.82, 2.24) is 4.98 Å². The molecule has 2 aromatic heterocycles. The Morgan fingerprint density at radius 1 is 0.938 bits per heavy atom. The molecule has 4 N–H and O–H groups in total. The van der Waals surface area contributed by atoms with Crippen molar-refractivity contribution in [2.45, 2.75) is 6.42 Å². The third-order valence-electron chi connectivity index (χ3n) is 4.72. The van der Waals surface area contributed by atoms with E-state index in [2.05, 4.69) is 10.3 Å². The van der Waals surface area contributed by atoms with Crippen molar-refractivity contribution < 1.29 is 24.9 Å². The number of nitrogens with zero attached hydrogens (tertiary/aromatic N) is 1. The summed E-state index contributed by atoms with van der Waals surface area (Å²) in [6.07, 6.45) is 2.89. The Kier molecular flexibility index (Phi) is 5.87. The molecule has 0 aliphatic rings. The summed E-state index contributed by atoms with van der Waals surface area (Å²) >= 11 is 1.36. The Bertz CT molecular complexity index is 1320. The van der Waals surface area contributed by atoms with Crippen LogP contribution in [0.25, 0.3) is 21.6 Å². The molecule has 0 aliphatic heterocycles. The number of carboxylic acid groups (broad SMARTS) is 1. The molecule has 0 aliphatic carbocycles. The summed E-state index contributed by atoms with van der Waals surface area (Å²) in [6, 6.07) is 16.7. The van der Waals surface area contributed by atoms with E-state index in [0.29, 0.717) is 22.4 Å². The van der Waals surface area contributed by atoms with Gasteiger partial charge in [-0.15, -0.1) is 11.3 Å². The molecule has 32 heavy (non-hydrogen) atoms. The van der Waals surface area contributed by atoms with Crippen LogP contribution in [-0.4, -0.2) is 32.2 Å². The number of benzene rings is 2. The third-order valence-corrected chi connectivity index (χ3v) is 5.84. The second kappa shape index (κ2) is 8.91. The first-order valence-electron chi connectivity index (χ1n) is 9.59. The molecular weight excluding hydrogens is 428 g/mol. The number of phenols is 2. The van der Waals surface area contributed by atoms with Gasteiger partial charge in [-0.1, -0.05) is 18.2 Å². The summed E-state index contributed by atoms with van der Waals surface area (Å²) in [4.78, 5) is 29.6. The molecule has 0 unspecified atom stereocenters. The lowest BCUT2D eigenvalue weighted by Gasteiger charge is -2.11. The van der Waals surface area contributed by atoms with Crippen molar-refractivity contribution in [3.05, 3.63) is 83.5 Å². The first kappa shape index (κ1) is 21.1. The largest absolute Gasteiger partial charge is 0.508 e. The Morgan fingerprint density at radius 3 is 2.53 bits per heavy atom. The maximum absolute atomic E-state index is 12.9. The van der Waals surface area contributed by atoms with Crippen molar-refractivity contribution >= 4 is 28.9 Å². The second-order valence-electron chi connectivity index (χ2n) is 7.00. The zero-order valence-electron chi connectivity index (χ0n) is 16.6. The van der Waals surface area contributed by atoms with Crippen LogP contribution < -0.4 is 5.32 Å². The number of pyridine rings is 1. The van der Waals surface area contributed by atoms with E-state index >= 15 is 0 Å². The first-order valence-corrected chi connectivity index (χ1v) is 10.4. The SMILES string of the molecule is O=C(O)Cc1ccc(-c2ccccc2NC(=O)c2cncc(-c3ccc(O)cc3O)c2)s1. The highest BCUT2D eigenvalue weighted by molar-refractivity contribution is 7.15. The normalized spacial score (nSPS) is 10.6. The lowest BCUT2D eigenvalue weighted by molar-refractivity contribution is -0.136. The smallest absolute Gasteiger partial charge is 0.308 e. The zero-order chi connectivity index (χ0) is 22.7. The van der Waals surface area contributed by atoms with Crippen molar-refractivity contribution in [1.29, 1.82) is 0 Å². The van der Waals surface area contributed by atoms with Gasteiger partial charge in [0.1, 0.15) is 11.5 Å².